The molecule has 6 nitrogen and oxygen atoms in total. The molecule has 1 N–H and O–H groups in total. The highest BCUT2D eigenvalue weighted by atomic mass is 16.6. The maximum absolute atomic E-state index is 11.1. The van der Waals surface area contributed by atoms with E-state index in [4.69, 9.17) is 5.26 Å². The first-order chi connectivity index (χ1) is 9.06. The van der Waals surface area contributed by atoms with Crippen LogP contribution in [0, 0.1) is 26.9 Å². The summed E-state index contributed by atoms with van der Waals surface area (Å²) in [5, 5.41) is 23.0. The molecule has 1 aliphatic rings. The molecule has 0 bridgehead atoms. The Morgan fingerprint density at radius 3 is 2.84 bits per heavy atom. The number of nitrogens with zero attached hydrogens (tertiary/aromatic N) is 3. The van der Waals surface area contributed by atoms with Crippen molar-refractivity contribution in [3.63, 3.8) is 0 Å². The molecule has 1 aliphatic carbocycles. The monoisotopic (exact) mass is 260 g/mol. The molecule has 2 rings (SSSR count). The zero-order valence-electron chi connectivity index (χ0n) is 10.8. The summed E-state index contributed by atoms with van der Waals surface area (Å²) in [5.74, 6) is 0.192. The number of rotatable bonds is 4. The molecule has 0 radical (unpaired) electrons. The van der Waals surface area contributed by atoms with Gasteiger partial charge in [0, 0.05) is 12.7 Å². The zero-order chi connectivity index (χ0) is 13.9. The minimum atomic E-state index is -0.551. The molecule has 1 aromatic rings. The Kier molecular flexibility index (Phi) is 3.65. The fraction of sp³-hybridized carbons (Fsp3) is 0.538. The summed E-state index contributed by atoms with van der Waals surface area (Å²) in [5.41, 5.74) is -0.0243. The Hall–Kier alpha value is -2.16. The van der Waals surface area contributed by atoms with E-state index in [2.05, 4.69) is 17.2 Å². The molecule has 0 spiro atoms. The van der Waals surface area contributed by atoms with Crippen LogP contribution in [-0.4, -0.2) is 16.5 Å². The van der Waals surface area contributed by atoms with Gasteiger partial charge in [0.2, 0.25) is 5.82 Å². The average Bonchev–Trinajstić information content (AvgIpc) is 2.83. The average molecular weight is 260 g/mol. The van der Waals surface area contributed by atoms with Gasteiger partial charge in [-0.2, -0.15) is 5.26 Å². The summed E-state index contributed by atoms with van der Waals surface area (Å²) >= 11 is 0. The van der Waals surface area contributed by atoms with Crippen LogP contribution in [0.3, 0.4) is 0 Å². The van der Waals surface area contributed by atoms with Crippen LogP contribution >= 0.6 is 0 Å². The van der Waals surface area contributed by atoms with E-state index in [0.29, 0.717) is 6.54 Å². The van der Waals surface area contributed by atoms with Crippen LogP contribution in [0.2, 0.25) is 0 Å². The van der Waals surface area contributed by atoms with Gasteiger partial charge < -0.3 is 5.32 Å². The lowest BCUT2D eigenvalue weighted by Crippen LogP contribution is -2.23. The summed E-state index contributed by atoms with van der Waals surface area (Å²) in [6.45, 7) is 2.82. The van der Waals surface area contributed by atoms with Gasteiger partial charge in [0.15, 0.2) is 0 Å². The first-order valence-corrected chi connectivity index (χ1v) is 6.33. The van der Waals surface area contributed by atoms with E-state index in [1.807, 2.05) is 6.07 Å². The molecule has 0 saturated heterocycles. The molecule has 1 fully saturated rings. The molecule has 1 saturated carbocycles. The van der Waals surface area contributed by atoms with Crippen molar-refractivity contribution in [3.8, 4) is 6.07 Å². The summed E-state index contributed by atoms with van der Waals surface area (Å²) in [4.78, 5) is 14.5. The number of nitriles is 1. The van der Waals surface area contributed by atoms with Crippen molar-refractivity contribution in [1.29, 1.82) is 5.26 Å². The fourth-order valence-electron chi connectivity index (χ4n) is 2.56. The number of hydrogen-bond donors (Lipinski definition) is 1. The van der Waals surface area contributed by atoms with Gasteiger partial charge in [-0.05, 0) is 24.3 Å². The third-order valence-electron chi connectivity index (χ3n) is 3.72. The van der Waals surface area contributed by atoms with E-state index in [0.717, 1.165) is 12.8 Å². The van der Waals surface area contributed by atoms with Crippen LogP contribution in [0.5, 0.6) is 0 Å². The minimum Gasteiger partial charge on any atom is -0.364 e. The predicted molar refractivity (Wildman–Crippen MR) is 70.7 cm³/mol. The topological polar surface area (TPSA) is 91.8 Å². The lowest BCUT2D eigenvalue weighted by molar-refractivity contribution is -0.384. The second kappa shape index (κ2) is 5.22. The molecule has 0 unspecified atom stereocenters. The molecule has 1 heterocycles. The molecule has 0 aliphatic heterocycles. The van der Waals surface area contributed by atoms with Gasteiger partial charge in [0.05, 0.1) is 4.92 Å². The van der Waals surface area contributed by atoms with Crippen LogP contribution in [0.25, 0.3) is 0 Å². The molecule has 19 heavy (non-hydrogen) atoms. The number of aromatic nitrogens is 1. The van der Waals surface area contributed by atoms with Gasteiger partial charge in [0.1, 0.15) is 11.6 Å². The fourth-order valence-corrected chi connectivity index (χ4v) is 2.56. The van der Waals surface area contributed by atoms with E-state index in [-0.39, 0.29) is 22.5 Å². The molecule has 6 heteroatoms. The predicted octanol–water partition coefficient (Wildman–Crippen LogP) is 2.85. The van der Waals surface area contributed by atoms with Gasteiger partial charge in [0.25, 0.3) is 0 Å². The second-order valence-corrected chi connectivity index (χ2v) is 5.30. The maximum atomic E-state index is 11.1. The van der Waals surface area contributed by atoms with Crippen molar-refractivity contribution in [2.75, 3.05) is 11.9 Å². The third kappa shape index (κ3) is 2.81. The normalized spacial score (nSPS) is 16.8. The van der Waals surface area contributed by atoms with Crippen molar-refractivity contribution >= 4 is 11.5 Å². The van der Waals surface area contributed by atoms with E-state index in [1.54, 1.807) is 0 Å². The second-order valence-electron chi connectivity index (χ2n) is 5.30. The van der Waals surface area contributed by atoms with Crippen molar-refractivity contribution in [3.05, 3.63) is 27.9 Å². The Bertz CT molecular complexity index is 530. The smallest absolute Gasteiger partial charge is 0.328 e. The highest BCUT2D eigenvalue weighted by molar-refractivity contribution is 5.64. The quantitative estimate of drug-likeness (QED) is 0.663. The van der Waals surface area contributed by atoms with Crippen molar-refractivity contribution in [2.45, 2.75) is 32.6 Å². The lowest BCUT2D eigenvalue weighted by Gasteiger charge is -2.23. The standard InChI is InChI=1S/C13H16N4O2/c1-13(5-2-3-6-13)9-16-12-11(17(18)19)10(8-14)4-7-15-12/h4,7H,2-3,5-6,9H2,1H3,(H,15,16). The molecule has 100 valence electrons. The Morgan fingerprint density at radius 1 is 1.58 bits per heavy atom. The van der Waals surface area contributed by atoms with Gasteiger partial charge in [-0.25, -0.2) is 4.98 Å². The molecular weight excluding hydrogens is 244 g/mol. The zero-order valence-corrected chi connectivity index (χ0v) is 10.8. The lowest BCUT2D eigenvalue weighted by atomic mass is 9.89. The summed E-state index contributed by atoms with van der Waals surface area (Å²) in [7, 11) is 0. The molecule has 0 amide bonds. The molecule has 1 aromatic heterocycles. The van der Waals surface area contributed by atoms with E-state index < -0.39 is 4.92 Å². The number of hydrogen-bond acceptors (Lipinski definition) is 5. The molecule has 0 aromatic carbocycles. The number of anilines is 1. The third-order valence-corrected chi connectivity index (χ3v) is 3.72. The first-order valence-electron chi connectivity index (χ1n) is 6.33. The summed E-state index contributed by atoms with van der Waals surface area (Å²) < 4.78 is 0. The van der Waals surface area contributed by atoms with E-state index >= 15 is 0 Å². The van der Waals surface area contributed by atoms with Crippen LogP contribution in [0.4, 0.5) is 11.5 Å². The summed E-state index contributed by atoms with van der Waals surface area (Å²) in [6, 6.07) is 3.19. The van der Waals surface area contributed by atoms with Crippen LogP contribution in [-0.2, 0) is 0 Å². The highest BCUT2D eigenvalue weighted by Gasteiger charge is 2.30. The minimum absolute atomic E-state index is 0.0408. The van der Waals surface area contributed by atoms with Gasteiger partial charge >= 0.3 is 5.69 Å². The van der Waals surface area contributed by atoms with Crippen molar-refractivity contribution in [2.24, 2.45) is 5.41 Å². The van der Waals surface area contributed by atoms with Crippen molar-refractivity contribution in [1.82, 2.24) is 4.98 Å². The van der Waals surface area contributed by atoms with Crippen LogP contribution in [0.15, 0.2) is 12.3 Å². The van der Waals surface area contributed by atoms with Crippen molar-refractivity contribution < 1.29 is 4.92 Å². The van der Waals surface area contributed by atoms with Crippen LogP contribution in [0.1, 0.15) is 38.2 Å². The van der Waals surface area contributed by atoms with Gasteiger partial charge in [-0.1, -0.05) is 19.8 Å². The Labute approximate surface area is 111 Å². The Morgan fingerprint density at radius 2 is 2.26 bits per heavy atom. The Balaban J connectivity index is 2.21. The van der Waals surface area contributed by atoms with Gasteiger partial charge in [-0.15, -0.1) is 0 Å². The maximum Gasteiger partial charge on any atom is 0.328 e. The molecule has 0 atom stereocenters. The van der Waals surface area contributed by atoms with Gasteiger partial charge in [-0.3, -0.25) is 10.1 Å². The largest absolute Gasteiger partial charge is 0.364 e. The van der Waals surface area contributed by atoms with E-state index in [1.165, 1.54) is 25.1 Å². The number of nitro groups is 1. The van der Waals surface area contributed by atoms with Crippen LogP contribution < -0.4 is 5.32 Å². The SMILES string of the molecule is CC1(CNc2nccc(C#N)c2[N+](=O)[O-])CCCC1. The first kappa shape index (κ1) is 13.3. The number of pyridine rings is 1. The summed E-state index contributed by atoms with van der Waals surface area (Å²) in [6.07, 6.45) is 6.06. The number of nitrogens with one attached hydrogen (secondary N) is 1. The molecular formula is C13H16N4O2. The van der Waals surface area contributed by atoms with E-state index in [9.17, 15) is 10.1 Å². The highest BCUT2D eigenvalue weighted by Crippen LogP contribution is 2.38.